The maximum Gasteiger partial charge on any atom is 0.334 e. The van der Waals surface area contributed by atoms with Crippen molar-refractivity contribution in [2.45, 2.75) is 32.3 Å². The summed E-state index contributed by atoms with van der Waals surface area (Å²) in [5.74, 6) is -1.21. The highest BCUT2D eigenvalue weighted by atomic mass is 16.6. The molecule has 1 heterocycles. The van der Waals surface area contributed by atoms with Gasteiger partial charge in [0.05, 0.1) is 0 Å². The Morgan fingerprint density at radius 2 is 2.29 bits per heavy atom. The van der Waals surface area contributed by atoms with E-state index in [1.807, 2.05) is 0 Å². The van der Waals surface area contributed by atoms with Crippen LogP contribution in [0.3, 0.4) is 0 Å². The fourth-order valence-corrected chi connectivity index (χ4v) is 1.87. The molecule has 0 aromatic heterocycles. The van der Waals surface area contributed by atoms with E-state index in [0.717, 1.165) is 12.8 Å². The summed E-state index contributed by atoms with van der Waals surface area (Å²) in [7, 11) is 0. The number of hydrogen-bond donors (Lipinski definition) is 1. The van der Waals surface area contributed by atoms with Crippen LogP contribution in [0, 0.1) is 5.92 Å². The van der Waals surface area contributed by atoms with Gasteiger partial charge in [-0.3, -0.25) is 4.79 Å². The Hall–Kier alpha value is -1.58. The first-order valence-corrected chi connectivity index (χ1v) is 5.90. The van der Waals surface area contributed by atoms with Crippen molar-refractivity contribution in [3.63, 3.8) is 0 Å². The Kier molecular flexibility index (Phi) is 4.94. The van der Waals surface area contributed by atoms with Gasteiger partial charge in [0.25, 0.3) is 0 Å². The lowest BCUT2D eigenvalue weighted by Crippen LogP contribution is -2.36. The van der Waals surface area contributed by atoms with Gasteiger partial charge in [0, 0.05) is 12.1 Å². The molecule has 0 radical (unpaired) electrons. The molecule has 0 aliphatic carbocycles. The normalized spacial score (nSPS) is 23.4. The zero-order chi connectivity index (χ0) is 12.8. The molecule has 1 aliphatic rings. The second kappa shape index (κ2) is 6.23. The molecule has 94 valence electrons. The van der Waals surface area contributed by atoms with Crippen molar-refractivity contribution >= 4 is 11.9 Å². The average molecular weight is 237 g/mol. The first kappa shape index (κ1) is 13.5. The summed E-state index contributed by atoms with van der Waals surface area (Å²) in [5.41, 5.74) is 0.257. The van der Waals surface area contributed by atoms with Gasteiger partial charge in [-0.2, -0.15) is 0 Å². The van der Waals surface area contributed by atoms with E-state index in [4.69, 9.17) is 4.74 Å². The minimum atomic E-state index is -0.547. The van der Waals surface area contributed by atoms with Crippen LogP contribution in [0.4, 0.5) is 0 Å². The van der Waals surface area contributed by atoms with E-state index >= 15 is 0 Å². The molecule has 0 saturated carbocycles. The van der Waals surface area contributed by atoms with Gasteiger partial charge < -0.3 is 10.1 Å². The summed E-state index contributed by atoms with van der Waals surface area (Å²) in [6.07, 6.45) is 3.87. The Morgan fingerprint density at radius 3 is 2.88 bits per heavy atom. The standard InChI is InChI=1S/C13H19NO3/c1-4-6-7-10-11(9(3)13(16)17-10)12(15)14-8-5-2/h5,10-11H,2-4,6-8H2,1H3,(H,14,15)/t10-,11?/m1/s1. The number of carbonyl (C=O) groups is 2. The maximum atomic E-state index is 11.9. The second-order valence-electron chi connectivity index (χ2n) is 4.12. The number of rotatable bonds is 6. The number of unbranched alkanes of at least 4 members (excludes halogenated alkanes) is 1. The fraction of sp³-hybridized carbons (Fsp3) is 0.538. The van der Waals surface area contributed by atoms with E-state index in [1.165, 1.54) is 0 Å². The van der Waals surface area contributed by atoms with Gasteiger partial charge >= 0.3 is 5.97 Å². The summed E-state index contributed by atoms with van der Waals surface area (Å²) in [5, 5.41) is 2.68. The minimum Gasteiger partial charge on any atom is -0.458 e. The number of carbonyl (C=O) groups excluding carboxylic acids is 2. The van der Waals surface area contributed by atoms with E-state index < -0.39 is 11.9 Å². The Morgan fingerprint density at radius 1 is 1.59 bits per heavy atom. The molecule has 1 unspecified atom stereocenters. The quantitative estimate of drug-likeness (QED) is 0.433. The molecular formula is C13H19NO3. The molecule has 1 saturated heterocycles. The topological polar surface area (TPSA) is 55.4 Å². The number of esters is 1. The lowest BCUT2D eigenvalue weighted by atomic mass is 9.93. The summed E-state index contributed by atoms with van der Waals surface area (Å²) in [4.78, 5) is 23.3. The molecular weight excluding hydrogens is 218 g/mol. The Balaban J connectivity index is 2.69. The van der Waals surface area contributed by atoms with Crippen molar-refractivity contribution in [1.82, 2.24) is 5.32 Å². The van der Waals surface area contributed by atoms with E-state index in [1.54, 1.807) is 6.08 Å². The van der Waals surface area contributed by atoms with Crippen LogP contribution in [0.5, 0.6) is 0 Å². The molecule has 0 bridgehead atoms. The molecule has 0 aromatic rings. The van der Waals surface area contributed by atoms with Gasteiger partial charge in [-0.15, -0.1) is 6.58 Å². The average Bonchev–Trinajstić information content (AvgIpc) is 2.59. The lowest BCUT2D eigenvalue weighted by Gasteiger charge is -2.16. The van der Waals surface area contributed by atoms with Gasteiger partial charge in [-0.05, 0) is 6.42 Å². The third-order valence-corrected chi connectivity index (χ3v) is 2.81. The van der Waals surface area contributed by atoms with Crippen molar-refractivity contribution in [1.29, 1.82) is 0 Å². The predicted molar refractivity (Wildman–Crippen MR) is 65.2 cm³/mol. The van der Waals surface area contributed by atoms with Gasteiger partial charge in [0.2, 0.25) is 5.91 Å². The summed E-state index contributed by atoms with van der Waals surface area (Å²) in [6, 6.07) is 0. The molecule has 0 spiro atoms. The number of nitrogens with one attached hydrogen (secondary N) is 1. The van der Waals surface area contributed by atoms with Crippen LogP contribution in [-0.2, 0) is 14.3 Å². The zero-order valence-corrected chi connectivity index (χ0v) is 10.2. The highest BCUT2D eigenvalue weighted by molar-refractivity contribution is 5.99. The van der Waals surface area contributed by atoms with Gasteiger partial charge in [-0.1, -0.05) is 32.4 Å². The van der Waals surface area contributed by atoms with Crippen LogP contribution >= 0.6 is 0 Å². The van der Waals surface area contributed by atoms with E-state index in [-0.39, 0.29) is 17.6 Å². The van der Waals surface area contributed by atoms with Crippen LogP contribution in [0.1, 0.15) is 26.2 Å². The number of hydrogen-bond acceptors (Lipinski definition) is 3. The number of cyclic esters (lactones) is 1. The maximum absolute atomic E-state index is 11.9. The lowest BCUT2D eigenvalue weighted by molar-refractivity contribution is -0.140. The summed E-state index contributed by atoms with van der Waals surface area (Å²) >= 11 is 0. The Bertz CT molecular complexity index is 336. The molecule has 1 rings (SSSR count). The van der Waals surface area contributed by atoms with Crippen LogP contribution < -0.4 is 5.32 Å². The van der Waals surface area contributed by atoms with Crippen molar-refractivity contribution in [2.24, 2.45) is 5.92 Å². The molecule has 2 atom stereocenters. The van der Waals surface area contributed by atoms with Crippen LogP contribution in [0.2, 0.25) is 0 Å². The smallest absolute Gasteiger partial charge is 0.334 e. The minimum absolute atomic E-state index is 0.207. The van der Waals surface area contributed by atoms with Crippen molar-refractivity contribution < 1.29 is 14.3 Å². The van der Waals surface area contributed by atoms with Gasteiger partial charge in [0.15, 0.2) is 0 Å². The van der Waals surface area contributed by atoms with Crippen LogP contribution in [0.25, 0.3) is 0 Å². The summed E-state index contributed by atoms with van der Waals surface area (Å²) in [6.45, 7) is 9.61. The van der Waals surface area contributed by atoms with Gasteiger partial charge in [-0.25, -0.2) is 4.79 Å². The summed E-state index contributed by atoms with van der Waals surface area (Å²) < 4.78 is 5.16. The molecule has 1 fully saturated rings. The van der Waals surface area contributed by atoms with Crippen molar-refractivity contribution in [2.75, 3.05) is 6.54 Å². The fourth-order valence-electron chi connectivity index (χ4n) is 1.87. The first-order chi connectivity index (χ1) is 8.11. The second-order valence-corrected chi connectivity index (χ2v) is 4.12. The molecule has 1 N–H and O–H groups in total. The monoisotopic (exact) mass is 237 g/mol. The number of ether oxygens (including phenoxy) is 1. The van der Waals surface area contributed by atoms with Crippen molar-refractivity contribution in [3.05, 3.63) is 24.8 Å². The molecule has 17 heavy (non-hydrogen) atoms. The molecule has 1 aliphatic heterocycles. The van der Waals surface area contributed by atoms with E-state index in [9.17, 15) is 9.59 Å². The van der Waals surface area contributed by atoms with Gasteiger partial charge in [0.1, 0.15) is 12.0 Å². The Labute approximate surface area is 102 Å². The zero-order valence-electron chi connectivity index (χ0n) is 10.2. The third-order valence-electron chi connectivity index (χ3n) is 2.81. The molecule has 0 aromatic carbocycles. The first-order valence-electron chi connectivity index (χ1n) is 5.90. The molecule has 4 heteroatoms. The molecule has 4 nitrogen and oxygen atoms in total. The van der Waals surface area contributed by atoms with E-state index in [0.29, 0.717) is 13.0 Å². The highest BCUT2D eigenvalue weighted by Gasteiger charge is 2.42. The van der Waals surface area contributed by atoms with Crippen LogP contribution in [0.15, 0.2) is 24.8 Å². The predicted octanol–water partition coefficient (Wildman–Crippen LogP) is 1.58. The SMILES string of the molecule is C=CCNC(=O)C1C(=C)C(=O)O[C@@H]1CCCC. The molecule has 1 amide bonds. The highest BCUT2D eigenvalue weighted by Crippen LogP contribution is 2.30. The van der Waals surface area contributed by atoms with E-state index in [2.05, 4.69) is 25.4 Å². The largest absolute Gasteiger partial charge is 0.458 e. The van der Waals surface area contributed by atoms with Crippen molar-refractivity contribution in [3.8, 4) is 0 Å². The third kappa shape index (κ3) is 3.19. The van der Waals surface area contributed by atoms with Crippen LogP contribution in [-0.4, -0.2) is 24.5 Å². The number of amides is 1.